The number of para-hydroxylation sites is 1. The maximum absolute atomic E-state index is 12.6. The molecule has 0 N–H and O–H groups in total. The Morgan fingerprint density at radius 3 is 2.48 bits per heavy atom. The molecule has 2 aliphatic rings. The van der Waals surface area contributed by atoms with E-state index in [4.69, 9.17) is 4.74 Å². The van der Waals surface area contributed by atoms with Crippen molar-refractivity contribution in [2.45, 2.75) is 37.9 Å². The minimum Gasteiger partial charge on any atom is -0.462 e. The maximum Gasteiger partial charge on any atom is 0.346 e. The topological polar surface area (TPSA) is 62.2 Å². The zero-order valence-corrected chi connectivity index (χ0v) is 17.5. The first-order valence-electron chi connectivity index (χ1n) is 8.91. The van der Waals surface area contributed by atoms with Crippen molar-refractivity contribution in [3.8, 4) is 0 Å². The van der Waals surface area contributed by atoms with Gasteiger partial charge in [0.05, 0.1) is 12.3 Å². The van der Waals surface area contributed by atoms with Gasteiger partial charge in [-0.15, -0.1) is 0 Å². The third-order valence-electron chi connectivity index (χ3n) is 4.26. The highest BCUT2D eigenvalue weighted by atomic mass is 32.2. The molecule has 1 atom stereocenters. The molecule has 0 aromatic heterocycles. The molecule has 0 aliphatic carbocycles. The molecule has 1 unspecified atom stereocenters. The Kier molecular flexibility index (Phi) is 5.86. The van der Waals surface area contributed by atoms with Crippen LogP contribution in [0.2, 0.25) is 0 Å². The fourth-order valence-electron chi connectivity index (χ4n) is 3.01. The normalized spacial score (nSPS) is 21.9. The average Bonchev–Trinajstić information content (AvgIpc) is 3.17. The molecule has 8 heteroatoms. The van der Waals surface area contributed by atoms with Crippen molar-refractivity contribution in [3.05, 3.63) is 40.9 Å². The van der Waals surface area contributed by atoms with Gasteiger partial charge >= 0.3 is 5.97 Å². The third kappa shape index (κ3) is 3.48. The van der Waals surface area contributed by atoms with Crippen molar-refractivity contribution in [3.63, 3.8) is 0 Å². The number of hydrogen-bond donors (Lipinski definition) is 0. The number of rotatable bonds is 6. The van der Waals surface area contributed by atoms with Crippen molar-refractivity contribution in [2.75, 3.05) is 18.7 Å². The minimum atomic E-state index is -0.755. The number of esters is 1. The number of ketones is 1. The summed E-state index contributed by atoms with van der Waals surface area (Å²) in [6.45, 7) is 5.71. The van der Waals surface area contributed by atoms with Gasteiger partial charge in [-0.1, -0.05) is 43.3 Å². The first kappa shape index (κ1) is 19.8. The molecule has 27 heavy (non-hydrogen) atoms. The largest absolute Gasteiger partial charge is 0.462 e. The highest BCUT2D eigenvalue weighted by molar-refractivity contribution is 8.28. The zero-order chi connectivity index (χ0) is 19.6. The molecular weight excluding hydrogens is 382 g/mol. The van der Waals surface area contributed by atoms with E-state index in [9.17, 15) is 9.59 Å². The Bertz CT molecular complexity index is 810. The van der Waals surface area contributed by atoms with E-state index in [1.807, 2.05) is 42.4 Å². The number of allylic oxidation sites excluding steroid dienone is 1. The second kappa shape index (κ2) is 7.98. The standard InChI is InChI=1S/C19H23N3O3S2/c1-5-10-15-16(18(24)25-6-2)26-19(21(15)4)22(14-11-8-7-9-12-14)20-17(27-19)13(3)23/h7-9,11-12H,5-6,10H2,1-4H3. The van der Waals surface area contributed by atoms with Crippen LogP contribution in [-0.2, 0) is 14.3 Å². The van der Waals surface area contributed by atoms with Crippen LogP contribution in [0.1, 0.15) is 33.6 Å². The molecule has 3 rings (SSSR count). The Labute approximate surface area is 168 Å². The van der Waals surface area contributed by atoms with E-state index in [0.29, 0.717) is 16.6 Å². The van der Waals surface area contributed by atoms with Gasteiger partial charge in [0, 0.05) is 19.7 Å². The number of benzene rings is 1. The fourth-order valence-corrected chi connectivity index (χ4v) is 5.90. The van der Waals surface area contributed by atoms with E-state index in [1.54, 1.807) is 6.92 Å². The lowest BCUT2D eigenvalue weighted by Crippen LogP contribution is -2.47. The van der Waals surface area contributed by atoms with E-state index in [0.717, 1.165) is 24.2 Å². The summed E-state index contributed by atoms with van der Waals surface area (Å²) in [4.78, 5) is 27.4. The SMILES string of the molecule is CCCC1=C(C(=O)OCC)SC2(SC(C(C)=O)=NN2c2ccccc2)N1C. The van der Waals surface area contributed by atoms with Crippen LogP contribution in [-0.4, -0.2) is 39.7 Å². The van der Waals surface area contributed by atoms with Gasteiger partial charge in [-0.2, -0.15) is 5.10 Å². The monoisotopic (exact) mass is 405 g/mol. The molecule has 0 saturated carbocycles. The maximum atomic E-state index is 12.6. The highest BCUT2D eigenvalue weighted by Gasteiger charge is 2.56. The molecule has 0 fully saturated rings. The Hall–Kier alpha value is -1.93. The molecule has 0 bridgehead atoms. The number of thioether (sulfide) groups is 2. The number of carbonyl (C=O) groups excluding carboxylic acids is 2. The fraction of sp³-hybridized carbons (Fsp3) is 0.421. The number of hydrogen-bond acceptors (Lipinski definition) is 8. The molecule has 0 amide bonds. The molecular formula is C19H23N3O3S2. The summed E-state index contributed by atoms with van der Waals surface area (Å²) in [6.07, 6.45) is 1.65. The summed E-state index contributed by atoms with van der Waals surface area (Å²) in [5.74, 6) is -0.409. The van der Waals surface area contributed by atoms with Gasteiger partial charge in [-0.05, 0) is 37.2 Å². The highest BCUT2D eigenvalue weighted by Crippen LogP contribution is 2.59. The molecule has 1 aromatic carbocycles. The summed E-state index contributed by atoms with van der Waals surface area (Å²) in [5, 5.41) is 6.86. The van der Waals surface area contributed by atoms with Gasteiger partial charge in [0.1, 0.15) is 4.91 Å². The Morgan fingerprint density at radius 2 is 1.89 bits per heavy atom. The zero-order valence-electron chi connectivity index (χ0n) is 15.9. The second-order valence-electron chi connectivity index (χ2n) is 6.17. The van der Waals surface area contributed by atoms with Crippen LogP contribution in [0.25, 0.3) is 0 Å². The Balaban J connectivity index is 2.06. The first-order chi connectivity index (χ1) is 12.9. The van der Waals surface area contributed by atoms with Gasteiger partial charge in [-0.3, -0.25) is 4.79 Å². The van der Waals surface area contributed by atoms with E-state index in [2.05, 4.69) is 16.9 Å². The van der Waals surface area contributed by atoms with Crippen LogP contribution in [0.5, 0.6) is 0 Å². The smallest absolute Gasteiger partial charge is 0.346 e. The lowest BCUT2D eigenvalue weighted by molar-refractivity contribution is -0.137. The Morgan fingerprint density at radius 1 is 1.19 bits per heavy atom. The summed E-state index contributed by atoms with van der Waals surface area (Å²) in [5.41, 5.74) is 1.79. The van der Waals surface area contributed by atoms with Crippen molar-refractivity contribution in [1.29, 1.82) is 0 Å². The predicted molar refractivity (Wildman–Crippen MR) is 111 cm³/mol. The van der Waals surface area contributed by atoms with Crippen molar-refractivity contribution < 1.29 is 14.3 Å². The lowest BCUT2D eigenvalue weighted by atomic mass is 10.2. The molecule has 144 valence electrons. The van der Waals surface area contributed by atoms with E-state index < -0.39 is 4.33 Å². The van der Waals surface area contributed by atoms with Gasteiger partial charge in [0.25, 0.3) is 0 Å². The quantitative estimate of drug-likeness (QED) is 0.663. The van der Waals surface area contributed by atoms with Gasteiger partial charge < -0.3 is 9.64 Å². The van der Waals surface area contributed by atoms with Crippen molar-refractivity contribution in [1.82, 2.24) is 4.90 Å². The first-order valence-corrected chi connectivity index (χ1v) is 10.5. The predicted octanol–water partition coefficient (Wildman–Crippen LogP) is 4.01. The molecule has 0 radical (unpaired) electrons. The third-order valence-corrected chi connectivity index (χ3v) is 7.36. The molecule has 2 heterocycles. The van der Waals surface area contributed by atoms with E-state index in [-0.39, 0.29) is 11.8 Å². The summed E-state index contributed by atoms with van der Waals surface area (Å²) in [7, 11) is 1.95. The number of Topliss-reactive ketones (excluding diaryl/α,β-unsaturated/α-hetero) is 1. The van der Waals surface area contributed by atoms with Gasteiger partial charge in [-0.25, -0.2) is 9.80 Å². The number of nitrogens with zero attached hydrogens (tertiary/aromatic N) is 3. The number of hydrazone groups is 1. The summed E-state index contributed by atoms with van der Waals surface area (Å²) >= 11 is 2.78. The van der Waals surface area contributed by atoms with Crippen molar-refractivity contribution in [2.24, 2.45) is 5.10 Å². The lowest BCUT2D eigenvalue weighted by Gasteiger charge is -2.39. The molecule has 2 aliphatic heterocycles. The number of ether oxygens (including phenoxy) is 1. The second-order valence-corrected chi connectivity index (χ2v) is 8.77. The minimum absolute atomic E-state index is 0.0894. The number of anilines is 1. The van der Waals surface area contributed by atoms with Crippen LogP contribution < -0.4 is 5.01 Å². The summed E-state index contributed by atoms with van der Waals surface area (Å²) < 4.78 is 4.54. The van der Waals surface area contributed by atoms with Crippen LogP contribution in [0, 0.1) is 0 Å². The molecule has 1 spiro atoms. The van der Waals surface area contributed by atoms with Crippen LogP contribution in [0.4, 0.5) is 5.69 Å². The summed E-state index contributed by atoms with van der Waals surface area (Å²) in [6, 6.07) is 9.70. The van der Waals surface area contributed by atoms with Gasteiger partial charge in [0.15, 0.2) is 10.8 Å². The van der Waals surface area contributed by atoms with E-state index in [1.165, 1.54) is 30.4 Å². The van der Waals surface area contributed by atoms with Crippen LogP contribution in [0.3, 0.4) is 0 Å². The molecule has 6 nitrogen and oxygen atoms in total. The number of carbonyl (C=O) groups is 2. The van der Waals surface area contributed by atoms with Crippen molar-refractivity contribution >= 4 is 46.0 Å². The van der Waals surface area contributed by atoms with Gasteiger partial charge in [0.2, 0.25) is 4.33 Å². The average molecular weight is 406 g/mol. The van der Waals surface area contributed by atoms with Crippen LogP contribution in [0.15, 0.2) is 46.0 Å². The van der Waals surface area contributed by atoms with Crippen LogP contribution >= 0.6 is 23.5 Å². The molecule has 1 aromatic rings. The van der Waals surface area contributed by atoms with E-state index >= 15 is 0 Å². The molecule has 0 saturated heterocycles.